The molecule has 6 aliphatic rings. The van der Waals surface area contributed by atoms with Crippen molar-refractivity contribution in [3.05, 3.63) is 12.2 Å². The molecule has 12 unspecified atom stereocenters. The summed E-state index contributed by atoms with van der Waals surface area (Å²) in [6.45, 7) is 0. The van der Waals surface area contributed by atoms with Gasteiger partial charge in [-0.1, -0.05) is 12.2 Å². The lowest BCUT2D eigenvalue weighted by molar-refractivity contribution is -0.147. The first-order chi connectivity index (χ1) is 10.7. The second-order valence-electron chi connectivity index (χ2n) is 8.90. The highest BCUT2D eigenvalue weighted by Crippen LogP contribution is 2.77. The third-order valence-corrected chi connectivity index (χ3v) is 8.83. The Morgan fingerprint density at radius 1 is 0.909 bits per heavy atom. The van der Waals surface area contributed by atoms with E-state index >= 15 is 0 Å². The molecule has 3 nitrogen and oxygen atoms in total. The van der Waals surface area contributed by atoms with Crippen LogP contribution in [0.25, 0.3) is 0 Å². The van der Waals surface area contributed by atoms with Crippen molar-refractivity contribution in [2.24, 2.45) is 71.0 Å². The van der Waals surface area contributed by atoms with E-state index in [0.29, 0.717) is 23.7 Å². The predicted molar refractivity (Wildman–Crippen MR) is 78.1 cm³/mol. The topological polar surface area (TPSA) is 61.1 Å². The fourth-order valence-electron chi connectivity index (χ4n) is 8.78. The zero-order valence-corrected chi connectivity index (χ0v) is 12.5. The monoisotopic (exact) mass is 295 g/mol. The molecule has 114 valence electrons. The lowest BCUT2D eigenvalue weighted by Gasteiger charge is -2.46. The largest absolute Gasteiger partial charge is 0.481 e. The predicted octanol–water partition coefficient (Wildman–Crippen LogP) is 2.80. The van der Waals surface area contributed by atoms with Crippen molar-refractivity contribution in [3.63, 3.8) is 0 Å². The summed E-state index contributed by atoms with van der Waals surface area (Å²) in [6, 6.07) is 2.40. The molecular formula is C19H21NO2. The SMILES string of the molecule is N#CC1C2CC(C1C(=O)O)C1C3CC(C4C5C=CC(C5)C34)C21. The van der Waals surface area contributed by atoms with Crippen LogP contribution in [0.1, 0.15) is 19.3 Å². The summed E-state index contributed by atoms with van der Waals surface area (Å²) < 4.78 is 0. The molecule has 0 heterocycles. The molecule has 6 bridgehead atoms. The van der Waals surface area contributed by atoms with Crippen LogP contribution in [0.3, 0.4) is 0 Å². The van der Waals surface area contributed by atoms with E-state index < -0.39 is 5.97 Å². The van der Waals surface area contributed by atoms with Gasteiger partial charge in [-0.15, -0.1) is 0 Å². The van der Waals surface area contributed by atoms with Crippen LogP contribution in [0, 0.1) is 82.3 Å². The molecule has 0 aromatic heterocycles. The van der Waals surface area contributed by atoms with Crippen molar-refractivity contribution >= 4 is 5.97 Å². The molecule has 0 aliphatic heterocycles. The average Bonchev–Trinajstić information content (AvgIpc) is 3.30. The third-order valence-electron chi connectivity index (χ3n) is 8.83. The van der Waals surface area contributed by atoms with E-state index in [1.807, 2.05) is 0 Å². The van der Waals surface area contributed by atoms with Crippen LogP contribution in [0.4, 0.5) is 0 Å². The maximum Gasteiger partial charge on any atom is 0.308 e. The fraction of sp³-hybridized carbons (Fsp3) is 0.789. The van der Waals surface area contributed by atoms with Gasteiger partial charge in [0.2, 0.25) is 0 Å². The highest BCUT2D eigenvalue weighted by molar-refractivity contribution is 5.72. The van der Waals surface area contributed by atoms with Gasteiger partial charge in [-0.2, -0.15) is 5.26 Å². The third kappa shape index (κ3) is 1.08. The Kier molecular flexibility index (Phi) is 1.99. The number of nitrogens with zero attached hydrogens (tertiary/aromatic N) is 1. The second kappa shape index (κ2) is 3.61. The summed E-state index contributed by atoms with van der Waals surface area (Å²) in [6.07, 6.45) is 8.66. The van der Waals surface area contributed by atoms with Gasteiger partial charge in [-0.25, -0.2) is 0 Å². The first kappa shape index (κ1) is 12.2. The summed E-state index contributed by atoms with van der Waals surface area (Å²) in [4.78, 5) is 11.7. The normalized spacial score (nSPS) is 64.9. The molecule has 22 heavy (non-hydrogen) atoms. The van der Waals surface area contributed by atoms with Crippen LogP contribution < -0.4 is 0 Å². The molecule has 0 saturated heterocycles. The maximum absolute atomic E-state index is 11.7. The number of carboxylic acid groups (broad SMARTS) is 1. The number of nitriles is 1. The molecule has 0 spiro atoms. The van der Waals surface area contributed by atoms with E-state index in [0.717, 1.165) is 41.9 Å². The van der Waals surface area contributed by atoms with E-state index in [9.17, 15) is 15.2 Å². The van der Waals surface area contributed by atoms with E-state index in [1.54, 1.807) is 0 Å². The van der Waals surface area contributed by atoms with Gasteiger partial charge in [0.25, 0.3) is 0 Å². The second-order valence-corrected chi connectivity index (χ2v) is 8.90. The lowest BCUT2D eigenvalue weighted by Crippen LogP contribution is -2.46. The number of hydrogen-bond acceptors (Lipinski definition) is 2. The summed E-state index contributed by atoms with van der Waals surface area (Å²) >= 11 is 0. The molecule has 0 radical (unpaired) electrons. The molecule has 3 heteroatoms. The number of hydrogen-bond donors (Lipinski definition) is 1. The van der Waals surface area contributed by atoms with Crippen LogP contribution >= 0.6 is 0 Å². The number of carbonyl (C=O) groups is 1. The number of carboxylic acids is 1. The Bertz CT molecular complexity index is 648. The van der Waals surface area contributed by atoms with Gasteiger partial charge in [-0.3, -0.25) is 4.79 Å². The van der Waals surface area contributed by atoms with Crippen molar-refractivity contribution in [2.45, 2.75) is 19.3 Å². The Hall–Kier alpha value is -1.30. The molecule has 0 aromatic carbocycles. The lowest BCUT2D eigenvalue weighted by atomic mass is 9.57. The molecule has 12 atom stereocenters. The van der Waals surface area contributed by atoms with Crippen LogP contribution in [-0.4, -0.2) is 11.1 Å². The maximum atomic E-state index is 11.7. The van der Waals surface area contributed by atoms with Crippen molar-refractivity contribution in [2.75, 3.05) is 0 Å². The average molecular weight is 295 g/mol. The molecule has 0 amide bonds. The molecule has 0 aromatic rings. The van der Waals surface area contributed by atoms with Gasteiger partial charge in [-0.05, 0) is 78.4 Å². The van der Waals surface area contributed by atoms with Crippen molar-refractivity contribution in [3.8, 4) is 6.07 Å². The highest BCUT2D eigenvalue weighted by atomic mass is 16.4. The van der Waals surface area contributed by atoms with Crippen LogP contribution in [-0.2, 0) is 4.79 Å². The van der Waals surface area contributed by atoms with E-state index in [1.165, 1.54) is 12.8 Å². The minimum absolute atomic E-state index is 0.212. The standard InChI is InChI=1S/C19H21NO2/c20-6-13-9-4-12(18(13)19(21)22)17-11-5-10(16(9)17)14-7-1-2-8(3-7)15(11)14/h1-2,7-18H,3-5H2,(H,21,22). The highest BCUT2D eigenvalue weighted by Gasteiger charge is 2.73. The van der Waals surface area contributed by atoms with Crippen molar-refractivity contribution in [1.82, 2.24) is 0 Å². The minimum atomic E-state index is -0.704. The smallest absolute Gasteiger partial charge is 0.308 e. The first-order valence-electron chi connectivity index (χ1n) is 9.01. The zero-order valence-electron chi connectivity index (χ0n) is 12.5. The summed E-state index contributed by atoms with van der Waals surface area (Å²) in [5, 5.41) is 19.2. The van der Waals surface area contributed by atoms with Gasteiger partial charge in [0, 0.05) is 0 Å². The fourth-order valence-corrected chi connectivity index (χ4v) is 8.78. The van der Waals surface area contributed by atoms with E-state index in [4.69, 9.17) is 0 Å². The number of fused-ring (bicyclic) bond motifs is 16. The Morgan fingerprint density at radius 3 is 2.09 bits per heavy atom. The van der Waals surface area contributed by atoms with E-state index in [-0.39, 0.29) is 11.8 Å². The van der Waals surface area contributed by atoms with Gasteiger partial charge in [0.15, 0.2) is 0 Å². The minimum Gasteiger partial charge on any atom is -0.481 e. The Balaban J connectivity index is 1.43. The quantitative estimate of drug-likeness (QED) is 0.597. The van der Waals surface area contributed by atoms with Crippen LogP contribution in [0.2, 0.25) is 0 Å². The zero-order chi connectivity index (χ0) is 14.7. The van der Waals surface area contributed by atoms with Gasteiger partial charge in [0.1, 0.15) is 0 Å². The first-order valence-corrected chi connectivity index (χ1v) is 9.01. The van der Waals surface area contributed by atoms with Crippen molar-refractivity contribution in [1.29, 1.82) is 5.26 Å². The van der Waals surface area contributed by atoms with Gasteiger partial charge < -0.3 is 5.11 Å². The molecule has 6 rings (SSSR count). The molecule has 6 aliphatic carbocycles. The van der Waals surface area contributed by atoms with Crippen LogP contribution in [0.5, 0.6) is 0 Å². The molecule has 5 fully saturated rings. The van der Waals surface area contributed by atoms with E-state index in [2.05, 4.69) is 18.2 Å². The molecule has 5 saturated carbocycles. The summed E-state index contributed by atoms with van der Waals surface area (Å²) in [5.74, 6) is 5.63. The molecule has 1 N–H and O–H groups in total. The Labute approximate surface area is 130 Å². The van der Waals surface area contributed by atoms with Crippen LogP contribution in [0.15, 0.2) is 12.2 Å². The summed E-state index contributed by atoms with van der Waals surface area (Å²) in [5.41, 5.74) is 0. The number of rotatable bonds is 1. The number of allylic oxidation sites excluding steroid dienone is 2. The Morgan fingerprint density at radius 2 is 1.50 bits per heavy atom. The summed E-state index contributed by atoms with van der Waals surface area (Å²) in [7, 11) is 0. The van der Waals surface area contributed by atoms with Gasteiger partial charge >= 0.3 is 5.97 Å². The van der Waals surface area contributed by atoms with Crippen molar-refractivity contribution < 1.29 is 9.90 Å². The van der Waals surface area contributed by atoms with Gasteiger partial charge in [0.05, 0.1) is 17.9 Å². The number of aliphatic carboxylic acids is 1. The molecular weight excluding hydrogens is 274 g/mol.